The molecule has 0 atom stereocenters. The summed E-state index contributed by atoms with van der Waals surface area (Å²) in [5, 5.41) is 10.9. The van der Waals surface area contributed by atoms with Crippen LogP contribution in [0.15, 0.2) is 0 Å². The molecule has 0 spiro atoms. The lowest BCUT2D eigenvalue weighted by atomic mass is 10.1. The number of rotatable bonds is 6. The Hall–Kier alpha value is -0.990. The second kappa shape index (κ2) is 5.79. The minimum atomic E-state index is 0.654. The van der Waals surface area contributed by atoms with Crippen LogP contribution in [0.25, 0.3) is 0 Å². The average molecular weight is 209 g/mol. The lowest BCUT2D eigenvalue weighted by Crippen LogP contribution is -2.09. The molecule has 86 valence electrons. The average Bonchev–Trinajstić information content (AvgIpc) is 2.58. The first-order chi connectivity index (χ1) is 7.19. The van der Waals surface area contributed by atoms with Crippen LogP contribution >= 0.6 is 0 Å². The number of anilines is 1. The van der Waals surface area contributed by atoms with Crippen molar-refractivity contribution in [3.63, 3.8) is 0 Å². The van der Waals surface area contributed by atoms with Crippen LogP contribution in [0.3, 0.4) is 0 Å². The third-order valence-corrected chi connectivity index (χ3v) is 2.48. The van der Waals surface area contributed by atoms with E-state index < -0.39 is 0 Å². The summed E-state index contributed by atoms with van der Waals surface area (Å²) in [4.78, 5) is 0. The van der Waals surface area contributed by atoms with E-state index in [4.69, 9.17) is 0 Å². The van der Waals surface area contributed by atoms with Gasteiger partial charge >= 0.3 is 0 Å². The Labute approximate surface area is 92.7 Å². The number of nitrogens with one attached hydrogen (secondary N) is 2. The molecule has 0 fully saturated rings. The van der Waals surface area contributed by atoms with Crippen molar-refractivity contribution in [2.45, 2.75) is 47.0 Å². The van der Waals surface area contributed by atoms with Gasteiger partial charge in [-0.2, -0.15) is 5.10 Å². The molecule has 0 aromatic carbocycles. The van der Waals surface area contributed by atoms with Gasteiger partial charge in [0, 0.05) is 17.8 Å². The zero-order valence-electron chi connectivity index (χ0n) is 10.4. The monoisotopic (exact) mass is 209 g/mol. The summed E-state index contributed by atoms with van der Waals surface area (Å²) in [7, 11) is 0. The van der Waals surface area contributed by atoms with Crippen LogP contribution in [-0.2, 0) is 12.8 Å². The van der Waals surface area contributed by atoms with Crippen molar-refractivity contribution in [3.05, 3.63) is 11.3 Å². The molecule has 1 rings (SSSR count). The lowest BCUT2D eigenvalue weighted by Gasteiger charge is -2.08. The van der Waals surface area contributed by atoms with Crippen molar-refractivity contribution >= 4 is 5.82 Å². The summed E-state index contributed by atoms with van der Waals surface area (Å²) in [6, 6.07) is 0. The van der Waals surface area contributed by atoms with Crippen molar-refractivity contribution in [1.82, 2.24) is 10.2 Å². The molecule has 0 saturated carbocycles. The van der Waals surface area contributed by atoms with E-state index in [1.54, 1.807) is 0 Å². The molecule has 0 aliphatic rings. The highest BCUT2D eigenvalue weighted by Crippen LogP contribution is 2.18. The number of hydrogen-bond acceptors (Lipinski definition) is 2. The van der Waals surface area contributed by atoms with Gasteiger partial charge in [-0.1, -0.05) is 34.1 Å². The number of aromatic nitrogens is 2. The number of H-pyrrole nitrogens is 1. The molecule has 0 aliphatic carbocycles. The van der Waals surface area contributed by atoms with Gasteiger partial charge < -0.3 is 5.32 Å². The van der Waals surface area contributed by atoms with Crippen LogP contribution < -0.4 is 5.32 Å². The smallest absolute Gasteiger partial charge is 0.151 e. The van der Waals surface area contributed by atoms with Crippen LogP contribution in [0.2, 0.25) is 0 Å². The first kappa shape index (κ1) is 12.1. The third kappa shape index (κ3) is 3.26. The van der Waals surface area contributed by atoms with Crippen molar-refractivity contribution in [3.8, 4) is 0 Å². The first-order valence-electron chi connectivity index (χ1n) is 5.99. The van der Waals surface area contributed by atoms with E-state index in [0.717, 1.165) is 25.2 Å². The molecule has 0 aliphatic heterocycles. The van der Waals surface area contributed by atoms with Gasteiger partial charge in [-0.05, 0) is 18.8 Å². The van der Waals surface area contributed by atoms with E-state index in [9.17, 15) is 0 Å². The van der Waals surface area contributed by atoms with E-state index in [0.29, 0.717) is 5.92 Å². The van der Waals surface area contributed by atoms with Crippen LogP contribution in [0, 0.1) is 5.92 Å². The molecule has 0 unspecified atom stereocenters. The highest BCUT2D eigenvalue weighted by molar-refractivity contribution is 5.46. The Balaban J connectivity index is 2.70. The summed E-state index contributed by atoms with van der Waals surface area (Å²) >= 11 is 0. The van der Waals surface area contributed by atoms with Gasteiger partial charge in [-0.3, -0.25) is 5.10 Å². The summed E-state index contributed by atoms with van der Waals surface area (Å²) in [6.45, 7) is 9.78. The normalized spacial score (nSPS) is 11.0. The number of nitrogens with zero attached hydrogens (tertiary/aromatic N) is 1. The minimum Gasteiger partial charge on any atom is -0.368 e. The van der Waals surface area contributed by atoms with E-state index in [1.807, 2.05) is 0 Å². The predicted molar refractivity (Wildman–Crippen MR) is 65.3 cm³/mol. The van der Waals surface area contributed by atoms with Crippen LogP contribution in [0.5, 0.6) is 0 Å². The zero-order chi connectivity index (χ0) is 11.3. The Kier molecular flexibility index (Phi) is 4.66. The van der Waals surface area contributed by atoms with Gasteiger partial charge in [0.1, 0.15) is 0 Å². The largest absolute Gasteiger partial charge is 0.368 e. The molecule has 0 amide bonds. The van der Waals surface area contributed by atoms with Crippen molar-refractivity contribution < 1.29 is 0 Å². The topological polar surface area (TPSA) is 40.7 Å². The first-order valence-corrected chi connectivity index (χ1v) is 5.99. The summed E-state index contributed by atoms with van der Waals surface area (Å²) in [5.41, 5.74) is 2.66. The Morgan fingerprint density at radius 3 is 2.60 bits per heavy atom. The second-order valence-electron chi connectivity index (χ2n) is 4.41. The fourth-order valence-corrected chi connectivity index (χ4v) is 1.69. The van der Waals surface area contributed by atoms with Crippen LogP contribution in [0.4, 0.5) is 5.82 Å². The molecule has 1 aromatic heterocycles. The summed E-state index contributed by atoms with van der Waals surface area (Å²) in [5.74, 6) is 1.70. The maximum atomic E-state index is 4.34. The molecule has 2 N–H and O–H groups in total. The maximum Gasteiger partial charge on any atom is 0.151 e. The number of aromatic amines is 1. The Morgan fingerprint density at radius 1 is 1.33 bits per heavy atom. The molecule has 15 heavy (non-hydrogen) atoms. The van der Waals surface area contributed by atoms with Gasteiger partial charge in [0.2, 0.25) is 0 Å². The zero-order valence-corrected chi connectivity index (χ0v) is 10.4. The van der Waals surface area contributed by atoms with Gasteiger partial charge in [0.25, 0.3) is 0 Å². The molecular formula is C12H23N3. The fraction of sp³-hybridized carbons (Fsp3) is 0.750. The molecule has 0 saturated heterocycles. The SMILES string of the molecule is CCCc1[nH]nc(NCC(C)C)c1CC. The molecule has 0 radical (unpaired) electrons. The summed E-state index contributed by atoms with van der Waals surface area (Å²) < 4.78 is 0. The lowest BCUT2D eigenvalue weighted by molar-refractivity contribution is 0.686. The highest BCUT2D eigenvalue weighted by atomic mass is 15.2. The molecular weight excluding hydrogens is 186 g/mol. The van der Waals surface area contributed by atoms with Gasteiger partial charge in [-0.15, -0.1) is 0 Å². The molecule has 3 heteroatoms. The minimum absolute atomic E-state index is 0.654. The van der Waals surface area contributed by atoms with Crippen molar-refractivity contribution in [2.75, 3.05) is 11.9 Å². The predicted octanol–water partition coefficient (Wildman–Crippen LogP) is 2.99. The fourth-order valence-electron chi connectivity index (χ4n) is 1.69. The van der Waals surface area contributed by atoms with Gasteiger partial charge in [-0.25, -0.2) is 0 Å². The summed E-state index contributed by atoms with van der Waals surface area (Å²) in [6.07, 6.45) is 3.31. The van der Waals surface area contributed by atoms with E-state index in [2.05, 4.69) is 43.2 Å². The number of aryl methyl sites for hydroxylation is 1. The maximum absolute atomic E-state index is 4.34. The molecule has 1 heterocycles. The quantitative estimate of drug-likeness (QED) is 0.756. The van der Waals surface area contributed by atoms with Crippen molar-refractivity contribution in [2.24, 2.45) is 5.92 Å². The standard InChI is InChI=1S/C12H23N3/c1-5-7-11-10(6-2)12(15-14-11)13-8-9(3)4/h9H,5-8H2,1-4H3,(H2,13,14,15). The van der Waals surface area contributed by atoms with Crippen LogP contribution in [-0.4, -0.2) is 16.7 Å². The Bertz CT molecular complexity index is 289. The van der Waals surface area contributed by atoms with E-state index in [-0.39, 0.29) is 0 Å². The van der Waals surface area contributed by atoms with Gasteiger partial charge in [0.05, 0.1) is 0 Å². The molecule has 0 bridgehead atoms. The van der Waals surface area contributed by atoms with E-state index >= 15 is 0 Å². The Morgan fingerprint density at radius 2 is 2.07 bits per heavy atom. The second-order valence-corrected chi connectivity index (χ2v) is 4.41. The van der Waals surface area contributed by atoms with Gasteiger partial charge in [0.15, 0.2) is 5.82 Å². The van der Waals surface area contributed by atoms with Crippen molar-refractivity contribution in [1.29, 1.82) is 0 Å². The third-order valence-electron chi connectivity index (χ3n) is 2.48. The highest BCUT2D eigenvalue weighted by Gasteiger charge is 2.10. The number of hydrogen-bond donors (Lipinski definition) is 2. The molecule has 3 nitrogen and oxygen atoms in total. The molecule has 1 aromatic rings. The van der Waals surface area contributed by atoms with Crippen LogP contribution in [0.1, 0.15) is 45.4 Å². The van der Waals surface area contributed by atoms with E-state index in [1.165, 1.54) is 17.7 Å².